The average molecular weight is 291 g/mol. The van der Waals surface area contributed by atoms with Gasteiger partial charge in [0.05, 0.1) is 12.4 Å². The molecule has 0 bridgehead atoms. The maximum atomic E-state index is 12.9. The van der Waals surface area contributed by atoms with E-state index in [9.17, 15) is 17.3 Å². The van der Waals surface area contributed by atoms with Crippen LogP contribution >= 0.6 is 0 Å². The fourth-order valence-corrected chi connectivity index (χ4v) is 1.97. The Labute approximate surface area is 117 Å². The molecule has 0 unspecified atom stereocenters. The zero-order valence-corrected chi connectivity index (χ0v) is 11.7. The summed E-state index contributed by atoms with van der Waals surface area (Å²) >= 11 is 0. The van der Waals surface area contributed by atoms with Gasteiger partial charge in [-0.15, -0.1) is 0 Å². The molecule has 0 fully saturated rings. The highest BCUT2D eigenvalue weighted by Crippen LogP contribution is 2.19. The number of benzene rings is 1. The van der Waals surface area contributed by atoms with Gasteiger partial charge < -0.3 is 17.7 Å². The van der Waals surface area contributed by atoms with Crippen LogP contribution in [0, 0.1) is 5.82 Å². The zero-order valence-electron chi connectivity index (χ0n) is 11.7. The zero-order chi connectivity index (χ0) is 15.0. The van der Waals surface area contributed by atoms with E-state index in [0.717, 1.165) is 37.8 Å². The van der Waals surface area contributed by atoms with Crippen LogP contribution in [0.1, 0.15) is 45.4 Å². The summed E-state index contributed by atoms with van der Waals surface area (Å²) in [5.41, 5.74) is -0.990. The third kappa shape index (κ3) is 5.84. The van der Waals surface area contributed by atoms with Crippen molar-refractivity contribution in [2.75, 3.05) is 6.61 Å². The number of unbranched alkanes of at least 4 members (excludes halogenated alkanes) is 5. The Balaban J connectivity index is 2.44. The van der Waals surface area contributed by atoms with Crippen LogP contribution in [0.2, 0.25) is 0 Å². The van der Waals surface area contributed by atoms with Gasteiger partial charge in [-0.05, 0) is 24.6 Å². The molecule has 0 aliphatic rings. The van der Waals surface area contributed by atoms with Crippen molar-refractivity contribution in [3.05, 3.63) is 24.0 Å². The van der Waals surface area contributed by atoms with E-state index < -0.39 is 18.3 Å². The summed E-state index contributed by atoms with van der Waals surface area (Å²) in [6, 6.07) is 2.54. The van der Waals surface area contributed by atoms with Gasteiger partial charge in [-0.1, -0.05) is 44.5 Å². The second-order valence-corrected chi connectivity index (χ2v) is 4.87. The summed E-state index contributed by atoms with van der Waals surface area (Å²) in [7, 11) is 0. The molecular weight excluding hydrogens is 271 g/mol. The molecule has 0 heterocycles. The van der Waals surface area contributed by atoms with Crippen LogP contribution in [0.15, 0.2) is 18.2 Å². The molecule has 1 nitrogen and oxygen atoms in total. The van der Waals surface area contributed by atoms with Crippen LogP contribution in [-0.4, -0.2) is 13.6 Å². The molecule has 6 heteroatoms. The molecule has 0 atom stereocenters. The summed E-state index contributed by atoms with van der Waals surface area (Å²) < 4.78 is 56.3. The Morgan fingerprint density at radius 3 is 2.30 bits per heavy atom. The van der Waals surface area contributed by atoms with Gasteiger partial charge in [0.15, 0.2) is 0 Å². The number of hydrogen-bond acceptors (Lipinski definition) is 1. The van der Waals surface area contributed by atoms with E-state index in [-0.39, 0.29) is 12.4 Å². The van der Waals surface area contributed by atoms with Gasteiger partial charge in [-0.2, -0.15) is 0 Å². The minimum absolute atomic E-state index is 0.233. The van der Waals surface area contributed by atoms with Crippen molar-refractivity contribution < 1.29 is 22.1 Å². The maximum Gasteiger partial charge on any atom is 0.513 e. The number of ether oxygens (including phenoxy) is 1. The largest absolute Gasteiger partial charge is 0.513 e. The van der Waals surface area contributed by atoms with E-state index in [4.69, 9.17) is 4.74 Å². The third-order valence-electron chi connectivity index (χ3n) is 3.08. The molecule has 20 heavy (non-hydrogen) atoms. The Kier molecular flexibility index (Phi) is 6.89. The molecule has 0 radical (unpaired) electrons. The SMILES string of the molecule is CCCCCCCCOc1ccc(F)cc1[B-](F)(F)F. The van der Waals surface area contributed by atoms with Gasteiger partial charge in [0.2, 0.25) is 0 Å². The predicted octanol–water partition coefficient (Wildman–Crippen LogP) is 4.62. The van der Waals surface area contributed by atoms with Crippen LogP contribution in [-0.2, 0) is 0 Å². The standard InChI is InChI=1S/C14H20BF4O/c1-2-3-4-5-6-7-10-20-14-9-8-12(16)11-13(14)15(17,18)19/h8-9,11H,2-7,10H2,1H3/q-1. The number of rotatable bonds is 9. The number of halogens is 4. The van der Waals surface area contributed by atoms with Crippen LogP contribution in [0.25, 0.3) is 0 Å². The Morgan fingerprint density at radius 2 is 1.65 bits per heavy atom. The van der Waals surface area contributed by atoms with Crippen LogP contribution in [0.3, 0.4) is 0 Å². The highest BCUT2D eigenvalue weighted by molar-refractivity contribution is 6.74. The first-order valence-corrected chi connectivity index (χ1v) is 7.07. The lowest BCUT2D eigenvalue weighted by atomic mass is 9.79. The van der Waals surface area contributed by atoms with Gasteiger partial charge in [0, 0.05) is 0 Å². The molecule has 1 aromatic carbocycles. The Bertz CT molecular complexity index is 407. The summed E-state index contributed by atoms with van der Waals surface area (Å²) in [5, 5.41) is 0. The topological polar surface area (TPSA) is 9.23 Å². The van der Waals surface area contributed by atoms with Gasteiger partial charge >= 0.3 is 6.98 Å². The Hall–Kier alpha value is -1.20. The van der Waals surface area contributed by atoms with Crippen molar-refractivity contribution in [3.63, 3.8) is 0 Å². The molecule has 1 rings (SSSR count). The maximum absolute atomic E-state index is 12.9. The first-order chi connectivity index (χ1) is 9.45. The summed E-state index contributed by atoms with van der Waals surface area (Å²) in [6.45, 7) is -2.90. The monoisotopic (exact) mass is 291 g/mol. The molecule has 114 valence electrons. The molecule has 0 aromatic heterocycles. The minimum Gasteiger partial charge on any atom is -0.497 e. The normalized spacial score (nSPS) is 11.7. The van der Waals surface area contributed by atoms with Crippen molar-refractivity contribution in [1.29, 1.82) is 0 Å². The summed E-state index contributed by atoms with van der Waals surface area (Å²) in [4.78, 5) is 0. The van der Waals surface area contributed by atoms with E-state index in [1.807, 2.05) is 0 Å². The molecule has 1 aromatic rings. The number of hydrogen-bond donors (Lipinski definition) is 0. The first kappa shape index (κ1) is 16.9. The van der Waals surface area contributed by atoms with E-state index in [1.165, 1.54) is 6.42 Å². The molecule has 0 spiro atoms. The van der Waals surface area contributed by atoms with Crippen molar-refractivity contribution in [1.82, 2.24) is 0 Å². The molecular formula is C14H20BF4O-. The van der Waals surface area contributed by atoms with Gasteiger partial charge in [-0.25, -0.2) is 4.39 Å². The highest BCUT2D eigenvalue weighted by atomic mass is 19.4. The fraction of sp³-hybridized carbons (Fsp3) is 0.571. The quantitative estimate of drug-likeness (QED) is 0.366. The van der Waals surface area contributed by atoms with Crippen molar-refractivity contribution in [2.24, 2.45) is 0 Å². The van der Waals surface area contributed by atoms with Gasteiger partial charge in [0.1, 0.15) is 5.82 Å². The molecule has 0 aliphatic heterocycles. The molecule has 0 amide bonds. The fourth-order valence-electron chi connectivity index (χ4n) is 1.97. The second-order valence-electron chi connectivity index (χ2n) is 4.87. The van der Waals surface area contributed by atoms with Gasteiger partial charge in [0.25, 0.3) is 0 Å². The van der Waals surface area contributed by atoms with Crippen LogP contribution in [0.4, 0.5) is 17.3 Å². The first-order valence-electron chi connectivity index (χ1n) is 7.07. The lowest BCUT2D eigenvalue weighted by Gasteiger charge is -2.19. The highest BCUT2D eigenvalue weighted by Gasteiger charge is 2.29. The summed E-state index contributed by atoms with van der Waals surface area (Å²) in [6.07, 6.45) is 6.20. The molecule has 0 saturated heterocycles. The lowest BCUT2D eigenvalue weighted by molar-refractivity contribution is 0.304. The molecule has 0 saturated carbocycles. The van der Waals surface area contributed by atoms with Crippen LogP contribution < -0.4 is 10.2 Å². The van der Waals surface area contributed by atoms with E-state index in [0.29, 0.717) is 12.5 Å². The van der Waals surface area contributed by atoms with Crippen molar-refractivity contribution in [2.45, 2.75) is 45.4 Å². The van der Waals surface area contributed by atoms with E-state index >= 15 is 0 Å². The Morgan fingerprint density at radius 1 is 1.00 bits per heavy atom. The third-order valence-corrected chi connectivity index (χ3v) is 3.08. The lowest BCUT2D eigenvalue weighted by Crippen LogP contribution is -2.35. The molecule has 0 N–H and O–H groups in total. The minimum atomic E-state index is -5.26. The smallest absolute Gasteiger partial charge is 0.497 e. The van der Waals surface area contributed by atoms with Crippen LogP contribution in [0.5, 0.6) is 5.75 Å². The predicted molar refractivity (Wildman–Crippen MR) is 74.0 cm³/mol. The second kappa shape index (κ2) is 8.17. The van der Waals surface area contributed by atoms with Crippen molar-refractivity contribution in [3.8, 4) is 5.75 Å². The van der Waals surface area contributed by atoms with E-state index in [1.54, 1.807) is 0 Å². The summed E-state index contributed by atoms with van der Waals surface area (Å²) in [5.74, 6) is -1.17. The van der Waals surface area contributed by atoms with E-state index in [2.05, 4.69) is 6.92 Å². The van der Waals surface area contributed by atoms with Gasteiger partial charge in [-0.3, -0.25) is 0 Å². The van der Waals surface area contributed by atoms with Crippen molar-refractivity contribution >= 4 is 12.4 Å². The molecule has 0 aliphatic carbocycles. The average Bonchev–Trinajstić information content (AvgIpc) is 2.38.